The van der Waals surface area contributed by atoms with Gasteiger partial charge in [0.15, 0.2) is 0 Å². The van der Waals surface area contributed by atoms with Gasteiger partial charge < -0.3 is 5.32 Å². The third-order valence-corrected chi connectivity index (χ3v) is 3.65. The molecule has 5 heteroatoms. The zero-order chi connectivity index (χ0) is 13.8. The van der Waals surface area contributed by atoms with Crippen LogP contribution in [0.3, 0.4) is 0 Å². The van der Waals surface area contributed by atoms with Gasteiger partial charge >= 0.3 is 0 Å². The molecule has 19 heavy (non-hydrogen) atoms. The van der Waals surface area contributed by atoms with Gasteiger partial charge in [-0.1, -0.05) is 22.9 Å². The van der Waals surface area contributed by atoms with E-state index in [4.69, 9.17) is 0 Å². The Bertz CT molecular complexity index is 553. The SMILES string of the molecule is CCCNC(c1cnn(C)c1)c1cc(F)ccc1Br. The fraction of sp³-hybridized carbons (Fsp3) is 0.357. The van der Waals surface area contributed by atoms with E-state index in [0.717, 1.165) is 28.6 Å². The van der Waals surface area contributed by atoms with Crippen LogP contribution in [0.15, 0.2) is 35.1 Å². The number of benzene rings is 1. The minimum Gasteiger partial charge on any atom is -0.306 e. The fourth-order valence-corrected chi connectivity index (χ4v) is 2.50. The summed E-state index contributed by atoms with van der Waals surface area (Å²) in [6.45, 7) is 2.97. The Morgan fingerprint density at radius 1 is 1.47 bits per heavy atom. The second-order valence-electron chi connectivity index (χ2n) is 4.50. The Hall–Kier alpha value is -1.20. The number of nitrogens with one attached hydrogen (secondary N) is 1. The van der Waals surface area contributed by atoms with Crippen molar-refractivity contribution in [2.24, 2.45) is 7.05 Å². The van der Waals surface area contributed by atoms with Crippen molar-refractivity contribution >= 4 is 15.9 Å². The van der Waals surface area contributed by atoms with Crippen LogP contribution < -0.4 is 5.32 Å². The molecule has 0 aliphatic heterocycles. The van der Waals surface area contributed by atoms with Gasteiger partial charge in [-0.2, -0.15) is 5.10 Å². The van der Waals surface area contributed by atoms with Crippen molar-refractivity contribution < 1.29 is 4.39 Å². The molecule has 0 aliphatic rings. The van der Waals surface area contributed by atoms with E-state index in [2.05, 4.69) is 33.3 Å². The average Bonchev–Trinajstić information content (AvgIpc) is 2.80. The summed E-state index contributed by atoms with van der Waals surface area (Å²) in [4.78, 5) is 0. The molecule has 0 saturated carbocycles. The molecule has 2 rings (SSSR count). The summed E-state index contributed by atoms with van der Waals surface area (Å²) in [5.41, 5.74) is 1.92. The highest BCUT2D eigenvalue weighted by molar-refractivity contribution is 9.10. The molecular weight excluding hydrogens is 309 g/mol. The maximum absolute atomic E-state index is 13.5. The fourth-order valence-electron chi connectivity index (χ4n) is 2.02. The van der Waals surface area contributed by atoms with Crippen LogP contribution in [0.2, 0.25) is 0 Å². The highest BCUT2D eigenvalue weighted by atomic mass is 79.9. The van der Waals surface area contributed by atoms with E-state index in [1.54, 1.807) is 16.8 Å². The molecule has 1 N–H and O–H groups in total. The van der Waals surface area contributed by atoms with E-state index in [1.807, 2.05) is 19.4 Å². The molecule has 0 saturated heterocycles. The van der Waals surface area contributed by atoms with Gasteiger partial charge in [0.2, 0.25) is 0 Å². The van der Waals surface area contributed by atoms with Crippen molar-refractivity contribution in [2.75, 3.05) is 6.54 Å². The van der Waals surface area contributed by atoms with Gasteiger partial charge in [-0.15, -0.1) is 0 Å². The average molecular weight is 326 g/mol. The molecule has 0 spiro atoms. The summed E-state index contributed by atoms with van der Waals surface area (Å²) in [7, 11) is 1.88. The minimum absolute atomic E-state index is 0.0567. The van der Waals surface area contributed by atoms with E-state index >= 15 is 0 Å². The largest absolute Gasteiger partial charge is 0.306 e. The van der Waals surface area contributed by atoms with Crippen molar-refractivity contribution in [2.45, 2.75) is 19.4 Å². The molecule has 102 valence electrons. The van der Waals surface area contributed by atoms with Crippen molar-refractivity contribution in [3.63, 3.8) is 0 Å². The van der Waals surface area contributed by atoms with E-state index in [1.165, 1.54) is 6.07 Å². The highest BCUT2D eigenvalue weighted by Crippen LogP contribution is 2.29. The quantitative estimate of drug-likeness (QED) is 0.912. The van der Waals surface area contributed by atoms with E-state index in [0.29, 0.717) is 0 Å². The van der Waals surface area contributed by atoms with Crippen LogP contribution >= 0.6 is 15.9 Å². The van der Waals surface area contributed by atoms with Gasteiger partial charge in [-0.05, 0) is 36.7 Å². The van der Waals surface area contributed by atoms with Crippen LogP contribution in [-0.2, 0) is 7.05 Å². The van der Waals surface area contributed by atoms with Gasteiger partial charge in [0.25, 0.3) is 0 Å². The Balaban J connectivity index is 2.39. The number of rotatable bonds is 5. The molecular formula is C14H17BrFN3. The number of aryl methyl sites for hydroxylation is 1. The first-order valence-corrected chi connectivity index (χ1v) is 7.08. The maximum Gasteiger partial charge on any atom is 0.123 e. The summed E-state index contributed by atoms with van der Waals surface area (Å²) in [5.74, 6) is -0.231. The lowest BCUT2D eigenvalue weighted by atomic mass is 10.0. The molecule has 0 radical (unpaired) electrons. The molecule has 1 aromatic carbocycles. The lowest BCUT2D eigenvalue weighted by Crippen LogP contribution is -2.23. The maximum atomic E-state index is 13.5. The van der Waals surface area contributed by atoms with Crippen LogP contribution in [-0.4, -0.2) is 16.3 Å². The first-order valence-electron chi connectivity index (χ1n) is 6.28. The Morgan fingerprint density at radius 2 is 2.26 bits per heavy atom. The van der Waals surface area contributed by atoms with Gasteiger partial charge in [0, 0.05) is 23.3 Å². The second-order valence-corrected chi connectivity index (χ2v) is 5.35. The number of hydrogen-bond donors (Lipinski definition) is 1. The van der Waals surface area contributed by atoms with Gasteiger partial charge in [0.1, 0.15) is 5.82 Å². The van der Waals surface area contributed by atoms with E-state index < -0.39 is 0 Å². The first kappa shape index (κ1) is 14.2. The smallest absolute Gasteiger partial charge is 0.123 e. The van der Waals surface area contributed by atoms with Crippen molar-refractivity contribution in [1.82, 2.24) is 15.1 Å². The zero-order valence-electron chi connectivity index (χ0n) is 11.0. The molecule has 3 nitrogen and oxygen atoms in total. The minimum atomic E-state index is -0.231. The summed E-state index contributed by atoms with van der Waals surface area (Å²) in [6.07, 6.45) is 4.78. The van der Waals surface area contributed by atoms with Gasteiger partial charge in [-0.25, -0.2) is 4.39 Å². The lowest BCUT2D eigenvalue weighted by Gasteiger charge is -2.19. The Kier molecular flexibility index (Phi) is 4.71. The number of nitrogens with zero attached hydrogens (tertiary/aromatic N) is 2. The molecule has 0 bridgehead atoms. The van der Waals surface area contributed by atoms with Gasteiger partial charge in [-0.3, -0.25) is 4.68 Å². The molecule has 1 unspecified atom stereocenters. The second kappa shape index (κ2) is 6.30. The van der Waals surface area contributed by atoms with Crippen molar-refractivity contribution in [3.8, 4) is 0 Å². The third-order valence-electron chi connectivity index (χ3n) is 2.93. The van der Waals surface area contributed by atoms with Crippen molar-refractivity contribution in [1.29, 1.82) is 0 Å². The number of halogens is 2. The van der Waals surface area contributed by atoms with Crippen LogP contribution in [0.5, 0.6) is 0 Å². The topological polar surface area (TPSA) is 29.9 Å². The molecule has 1 atom stereocenters. The summed E-state index contributed by atoms with van der Waals surface area (Å²) < 4.78 is 16.1. The Morgan fingerprint density at radius 3 is 2.89 bits per heavy atom. The zero-order valence-corrected chi connectivity index (χ0v) is 12.6. The molecule has 1 aromatic heterocycles. The highest BCUT2D eigenvalue weighted by Gasteiger charge is 2.18. The normalized spacial score (nSPS) is 12.6. The van der Waals surface area contributed by atoms with Crippen LogP contribution in [0.25, 0.3) is 0 Å². The van der Waals surface area contributed by atoms with Gasteiger partial charge in [0.05, 0.1) is 12.2 Å². The summed E-state index contributed by atoms with van der Waals surface area (Å²) in [6, 6.07) is 4.69. The monoisotopic (exact) mass is 325 g/mol. The molecule has 0 amide bonds. The lowest BCUT2D eigenvalue weighted by molar-refractivity contribution is 0.583. The summed E-state index contributed by atoms with van der Waals surface area (Å²) >= 11 is 3.49. The number of hydrogen-bond acceptors (Lipinski definition) is 2. The molecule has 0 fully saturated rings. The third kappa shape index (κ3) is 3.42. The number of aromatic nitrogens is 2. The molecule has 2 aromatic rings. The predicted octanol–water partition coefficient (Wildman–Crippen LogP) is 3.41. The molecule has 0 aliphatic carbocycles. The Labute approximate surface area is 121 Å². The predicted molar refractivity (Wildman–Crippen MR) is 77.4 cm³/mol. The van der Waals surface area contributed by atoms with Crippen LogP contribution in [0.1, 0.15) is 30.5 Å². The van der Waals surface area contributed by atoms with E-state index in [-0.39, 0.29) is 11.9 Å². The van der Waals surface area contributed by atoms with E-state index in [9.17, 15) is 4.39 Å². The van der Waals surface area contributed by atoms with Crippen molar-refractivity contribution in [3.05, 3.63) is 52.0 Å². The summed E-state index contributed by atoms with van der Waals surface area (Å²) in [5, 5.41) is 7.62. The van der Waals surface area contributed by atoms with Crippen LogP contribution in [0.4, 0.5) is 4.39 Å². The standard InChI is InChI=1S/C14H17BrFN3/c1-3-6-17-14(10-8-18-19(2)9-10)12-7-11(16)4-5-13(12)15/h4-5,7-9,14,17H,3,6H2,1-2H3. The first-order chi connectivity index (χ1) is 9.11. The molecule has 1 heterocycles. The van der Waals surface area contributed by atoms with Crippen LogP contribution in [0, 0.1) is 5.82 Å².